The molecule has 1 aromatic carbocycles. The molecule has 1 fully saturated rings. The highest BCUT2D eigenvalue weighted by atomic mass is 127. The second-order valence-corrected chi connectivity index (χ2v) is 7.21. The summed E-state index contributed by atoms with van der Waals surface area (Å²) in [4.78, 5) is 15.9. The van der Waals surface area contributed by atoms with Gasteiger partial charge < -0.3 is 20.0 Å². The molecule has 0 radical (unpaired) electrons. The van der Waals surface area contributed by atoms with E-state index in [1.54, 1.807) is 0 Å². The van der Waals surface area contributed by atoms with Gasteiger partial charge in [-0.1, -0.05) is 37.3 Å². The van der Waals surface area contributed by atoms with Crippen molar-refractivity contribution in [3.63, 3.8) is 0 Å². The standard InChI is InChI=1S/C22H32N6.HI/c1-4-26(3)18-20-9-7-8-19(16-20)17-25-22(23-2)28-14-12-27(13-15-28)21-10-5-6-11-24-21;/h5-11,16H,4,12-15,17-18H2,1-3H3,(H,23,25);1H. The van der Waals surface area contributed by atoms with Gasteiger partial charge in [0.05, 0.1) is 0 Å². The third-order valence-electron chi connectivity index (χ3n) is 5.20. The second-order valence-electron chi connectivity index (χ2n) is 7.21. The number of anilines is 1. The SMILES string of the molecule is CCN(C)Cc1cccc(CNC(=NC)N2CCN(c3ccccn3)CC2)c1.I. The Morgan fingerprint density at radius 2 is 1.86 bits per heavy atom. The van der Waals surface area contributed by atoms with Crippen LogP contribution in [0.2, 0.25) is 0 Å². The van der Waals surface area contributed by atoms with Gasteiger partial charge in [0.25, 0.3) is 0 Å². The van der Waals surface area contributed by atoms with E-state index >= 15 is 0 Å². The number of guanidine groups is 1. The van der Waals surface area contributed by atoms with Crippen molar-refractivity contribution in [3.8, 4) is 0 Å². The minimum Gasteiger partial charge on any atom is -0.353 e. The second kappa shape index (κ2) is 12.0. The van der Waals surface area contributed by atoms with Gasteiger partial charge in [-0.05, 0) is 36.9 Å². The summed E-state index contributed by atoms with van der Waals surface area (Å²) in [6, 6.07) is 14.9. The summed E-state index contributed by atoms with van der Waals surface area (Å²) in [5.74, 6) is 2.02. The number of aromatic nitrogens is 1. The first-order chi connectivity index (χ1) is 13.7. The lowest BCUT2D eigenvalue weighted by atomic mass is 10.1. The average Bonchev–Trinajstić information content (AvgIpc) is 2.75. The zero-order valence-electron chi connectivity index (χ0n) is 17.7. The van der Waals surface area contributed by atoms with Crippen molar-refractivity contribution in [3.05, 3.63) is 59.8 Å². The molecule has 29 heavy (non-hydrogen) atoms. The molecule has 6 nitrogen and oxygen atoms in total. The lowest BCUT2D eigenvalue weighted by Gasteiger charge is -2.37. The number of pyridine rings is 1. The summed E-state index contributed by atoms with van der Waals surface area (Å²) in [5.41, 5.74) is 2.64. The Bertz CT molecular complexity index is 759. The topological polar surface area (TPSA) is 47.0 Å². The summed E-state index contributed by atoms with van der Waals surface area (Å²) in [6.07, 6.45) is 1.86. The number of aliphatic imine (C=N–C) groups is 1. The van der Waals surface area contributed by atoms with Crippen LogP contribution in [0, 0.1) is 0 Å². The third-order valence-corrected chi connectivity index (χ3v) is 5.20. The van der Waals surface area contributed by atoms with E-state index in [4.69, 9.17) is 0 Å². The Balaban J connectivity index is 0.00000300. The predicted molar refractivity (Wildman–Crippen MR) is 132 cm³/mol. The quantitative estimate of drug-likeness (QED) is 0.370. The molecule has 2 aromatic rings. The van der Waals surface area contributed by atoms with Crippen LogP contribution in [0.25, 0.3) is 0 Å². The van der Waals surface area contributed by atoms with E-state index < -0.39 is 0 Å². The van der Waals surface area contributed by atoms with Crippen molar-refractivity contribution in [2.24, 2.45) is 4.99 Å². The average molecular weight is 508 g/mol. The summed E-state index contributed by atoms with van der Waals surface area (Å²) in [5, 5.41) is 3.53. The summed E-state index contributed by atoms with van der Waals surface area (Å²) < 4.78 is 0. The van der Waals surface area contributed by atoms with E-state index in [0.717, 1.165) is 57.6 Å². The fourth-order valence-electron chi connectivity index (χ4n) is 3.46. The van der Waals surface area contributed by atoms with E-state index in [9.17, 15) is 0 Å². The monoisotopic (exact) mass is 508 g/mol. The van der Waals surface area contributed by atoms with Crippen LogP contribution in [-0.2, 0) is 13.1 Å². The van der Waals surface area contributed by atoms with Gasteiger partial charge in [-0.15, -0.1) is 24.0 Å². The Labute approximate surface area is 192 Å². The first-order valence-corrected chi connectivity index (χ1v) is 10.1. The molecule has 0 unspecified atom stereocenters. The van der Waals surface area contributed by atoms with Crippen molar-refractivity contribution >= 4 is 35.8 Å². The molecule has 0 aliphatic carbocycles. The summed E-state index contributed by atoms with van der Waals surface area (Å²) >= 11 is 0. The Hall–Kier alpha value is -1.87. The fraction of sp³-hybridized carbons (Fsp3) is 0.455. The molecule has 2 heterocycles. The molecule has 3 rings (SSSR count). The van der Waals surface area contributed by atoms with Crippen LogP contribution in [0.4, 0.5) is 5.82 Å². The maximum absolute atomic E-state index is 4.50. The van der Waals surface area contributed by atoms with Crippen LogP contribution in [0.15, 0.2) is 53.7 Å². The number of nitrogens with zero attached hydrogens (tertiary/aromatic N) is 5. The van der Waals surface area contributed by atoms with Gasteiger partial charge in [0.15, 0.2) is 5.96 Å². The highest BCUT2D eigenvalue weighted by Gasteiger charge is 2.20. The smallest absolute Gasteiger partial charge is 0.194 e. The van der Waals surface area contributed by atoms with Crippen LogP contribution >= 0.6 is 24.0 Å². The van der Waals surface area contributed by atoms with Crippen LogP contribution in [0.5, 0.6) is 0 Å². The first-order valence-electron chi connectivity index (χ1n) is 10.1. The number of piperazine rings is 1. The maximum Gasteiger partial charge on any atom is 0.194 e. The molecule has 158 valence electrons. The Kier molecular flexibility index (Phi) is 9.66. The molecule has 1 saturated heterocycles. The number of benzene rings is 1. The molecule has 0 bridgehead atoms. The van der Waals surface area contributed by atoms with Gasteiger partial charge in [0.1, 0.15) is 5.82 Å². The van der Waals surface area contributed by atoms with Crippen LogP contribution < -0.4 is 10.2 Å². The maximum atomic E-state index is 4.50. The fourth-order valence-corrected chi connectivity index (χ4v) is 3.46. The normalized spacial score (nSPS) is 14.7. The number of rotatable bonds is 6. The molecule has 0 atom stereocenters. The van der Waals surface area contributed by atoms with E-state index in [1.807, 2.05) is 25.4 Å². The van der Waals surface area contributed by atoms with Crippen molar-refractivity contribution in [2.45, 2.75) is 20.0 Å². The minimum absolute atomic E-state index is 0. The van der Waals surface area contributed by atoms with Gasteiger partial charge in [-0.25, -0.2) is 4.98 Å². The van der Waals surface area contributed by atoms with E-state index in [1.165, 1.54) is 11.1 Å². The van der Waals surface area contributed by atoms with E-state index in [-0.39, 0.29) is 24.0 Å². The molecule has 1 N–H and O–H groups in total. The van der Waals surface area contributed by atoms with Gasteiger partial charge in [-0.2, -0.15) is 0 Å². The summed E-state index contributed by atoms with van der Waals surface area (Å²) in [6.45, 7) is 8.80. The molecule has 0 amide bonds. The Morgan fingerprint density at radius 3 is 2.52 bits per heavy atom. The molecule has 1 aliphatic rings. The van der Waals surface area contributed by atoms with Crippen LogP contribution in [0.1, 0.15) is 18.1 Å². The van der Waals surface area contributed by atoms with Gasteiger partial charge in [-0.3, -0.25) is 4.99 Å². The van der Waals surface area contributed by atoms with Gasteiger partial charge in [0.2, 0.25) is 0 Å². The zero-order valence-corrected chi connectivity index (χ0v) is 20.0. The molecular formula is C22H33IN6. The van der Waals surface area contributed by atoms with Crippen LogP contribution in [0.3, 0.4) is 0 Å². The van der Waals surface area contributed by atoms with Crippen molar-refractivity contribution in [1.29, 1.82) is 0 Å². The van der Waals surface area contributed by atoms with Crippen molar-refractivity contribution < 1.29 is 0 Å². The molecule has 0 spiro atoms. The summed E-state index contributed by atoms with van der Waals surface area (Å²) in [7, 11) is 4.01. The number of hydrogen-bond acceptors (Lipinski definition) is 4. The molecule has 7 heteroatoms. The molecule has 1 aliphatic heterocycles. The molecular weight excluding hydrogens is 475 g/mol. The molecule has 0 saturated carbocycles. The third kappa shape index (κ3) is 6.85. The number of nitrogens with one attached hydrogen (secondary N) is 1. The van der Waals surface area contributed by atoms with Gasteiger partial charge >= 0.3 is 0 Å². The van der Waals surface area contributed by atoms with Crippen LogP contribution in [-0.4, -0.2) is 67.6 Å². The van der Waals surface area contributed by atoms with Crippen molar-refractivity contribution in [2.75, 3.05) is 51.7 Å². The predicted octanol–water partition coefficient (Wildman–Crippen LogP) is 3.05. The molecule has 1 aromatic heterocycles. The lowest BCUT2D eigenvalue weighted by Crippen LogP contribution is -2.52. The minimum atomic E-state index is 0. The van der Waals surface area contributed by atoms with E-state index in [2.05, 4.69) is 74.3 Å². The van der Waals surface area contributed by atoms with Gasteiger partial charge in [0, 0.05) is 52.5 Å². The highest BCUT2D eigenvalue weighted by Crippen LogP contribution is 2.13. The Morgan fingerprint density at radius 1 is 1.10 bits per heavy atom. The number of halogens is 1. The zero-order chi connectivity index (χ0) is 19.8. The number of hydrogen-bond donors (Lipinski definition) is 1. The first kappa shape index (κ1) is 23.4. The largest absolute Gasteiger partial charge is 0.353 e. The highest BCUT2D eigenvalue weighted by molar-refractivity contribution is 14.0. The van der Waals surface area contributed by atoms with Crippen molar-refractivity contribution in [1.82, 2.24) is 20.1 Å². The lowest BCUT2D eigenvalue weighted by molar-refractivity contribution is 0.345. The van der Waals surface area contributed by atoms with E-state index in [0.29, 0.717) is 0 Å².